The van der Waals surface area contributed by atoms with E-state index < -0.39 is 0 Å². The lowest BCUT2D eigenvalue weighted by atomic mass is 10.0. The number of aliphatic hydroxyl groups is 1. The lowest BCUT2D eigenvalue weighted by Crippen LogP contribution is -2.02. The van der Waals surface area contributed by atoms with Crippen molar-refractivity contribution in [2.45, 2.75) is 76.9 Å². The molecule has 4 nitrogen and oxygen atoms in total. The molecular weight excluding hydrogens is 328 g/mol. The van der Waals surface area contributed by atoms with Gasteiger partial charge in [0.1, 0.15) is 0 Å². The molecule has 4 heteroatoms. The first-order valence-electron chi connectivity index (χ1n) is 10.3. The number of rotatable bonds is 14. The fourth-order valence-electron chi connectivity index (χ4n) is 3.33. The molecule has 1 aliphatic heterocycles. The van der Waals surface area contributed by atoms with Gasteiger partial charge in [0, 0.05) is 24.2 Å². The molecule has 1 aromatic rings. The van der Waals surface area contributed by atoms with Crippen LogP contribution in [-0.4, -0.2) is 30.7 Å². The number of carbonyl (C=O) groups is 1. The molecule has 0 aromatic heterocycles. The highest BCUT2D eigenvalue weighted by molar-refractivity contribution is 5.96. The quantitative estimate of drug-likeness (QED) is 0.365. The number of aliphatic hydroxyl groups excluding tert-OH is 1. The second-order valence-electron chi connectivity index (χ2n) is 7.13. The first-order valence-corrected chi connectivity index (χ1v) is 10.3. The fraction of sp³-hybridized carbons (Fsp3) is 0.682. The first kappa shape index (κ1) is 21.1. The van der Waals surface area contributed by atoms with E-state index in [0.717, 1.165) is 36.8 Å². The minimum Gasteiger partial charge on any atom is -0.396 e. The van der Waals surface area contributed by atoms with Crippen molar-refractivity contribution in [1.29, 1.82) is 0 Å². The summed E-state index contributed by atoms with van der Waals surface area (Å²) in [5.74, 6) is 0.230. The number of unbranched alkanes of at least 4 members (excludes halogenated alkanes) is 9. The van der Waals surface area contributed by atoms with E-state index >= 15 is 0 Å². The molecule has 0 unspecified atom stereocenters. The summed E-state index contributed by atoms with van der Waals surface area (Å²) in [6.45, 7) is 1.59. The van der Waals surface area contributed by atoms with E-state index in [-0.39, 0.29) is 12.1 Å². The summed E-state index contributed by atoms with van der Waals surface area (Å²) in [5, 5.41) is 8.72. The molecule has 1 fully saturated rings. The molecule has 1 aromatic carbocycles. The number of ketones is 1. The van der Waals surface area contributed by atoms with Crippen molar-refractivity contribution in [3.8, 4) is 0 Å². The zero-order valence-electron chi connectivity index (χ0n) is 16.0. The van der Waals surface area contributed by atoms with Crippen LogP contribution in [0.2, 0.25) is 0 Å². The Morgan fingerprint density at radius 2 is 1.31 bits per heavy atom. The SMILES string of the molecule is O=C(CCCCCCCCCCCCO)c1ccc(C2OCCO2)cc1. The molecule has 0 amide bonds. The molecule has 0 bridgehead atoms. The van der Waals surface area contributed by atoms with Crippen LogP contribution in [0.1, 0.15) is 92.8 Å². The molecule has 0 aliphatic carbocycles. The van der Waals surface area contributed by atoms with Gasteiger partial charge in [0.25, 0.3) is 0 Å². The van der Waals surface area contributed by atoms with Crippen LogP contribution in [0.3, 0.4) is 0 Å². The Morgan fingerprint density at radius 1 is 0.808 bits per heavy atom. The maximum Gasteiger partial charge on any atom is 0.184 e. The van der Waals surface area contributed by atoms with E-state index in [2.05, 4.69) is 0 Å². The molecule has 1 heterocycles. The molecule has 146 valence electrons. The van der Waals surface area contributed by atoms with Crippen LogP contribution in [0, 0.1) is 0 Å². The maximum atomic E-state index is 12.3. The Hall–Kier alpha value is -1.23. The molecule has 0 spiro atoms. The third kappa shape index (κ3) is 7.98. The van der Waals surface area contributed by atoms with E-state index in [9.17, 15) is 4.79 Å². The summed E-state index contributed by atoms with van der Waals surface area (Å²) in [5.41, 5.74) is 1.77. The maximum absolute atomic E-state index is 12.3. The molecule has 1 saturated heterocycles. The lowest BCUT2D eigenvalue weighted by Gasteiger charge is -2.09. The van der Waals surface area contributed by atoms with E-state index in [1.54, 1.807) is 0 Å². The number of benzene rings is 1. The van der Waals surface area contributed by atoms with E-state index in [0.29, 0.717) is 26.2 Å². The van der Waals surface area contributed by atoms with Gasteiger partial charge in [-0.05, 0) is 12.8 Å². The van der Waals surface area contributed by atoms with Crippen LogP contribution in [-0.2, 0) is 9.47 Å². The van der Waals surface area contributed by atoms with Crippen LogP contribution in [0.4, 0.5) is 0 Å². The molecule has 26 heavy (non-hydrogen) atoms. The van der Waals surface area contributed by atoms with Crippen LogP contribution >= 0.6 is 0 Å². The zero-order chi connectivity index (χ0) is 18.5. The smallest absolute Gasteiger partial charge is 0.184 e. The van der Waals surface area contributed by atoms with Gasteiger partial charge >= 0.3 is 0 Å². The minimum absolute atomic E-state index is 0.230. The van der Waals surface area contributed by atoms with Crippen molar-refractivity contribution >= 4 is 5.78 Å². The molecule has 0 radical (unpaired) electrons. The van der Waals surface area contributed by atoms with Gasteiger partial charge in [0.2, 0.25) is 0 Å². The number of hydrogen-bond donors (Lipinski definition) is 1. The van der Waals surface area contributed by atoms with Crippen LogP contribution in [0.15, 0.2) is 24.3 Å². The van der Waals surface area contributed by atoms with Crippen LogP contribution in [0.25, 0.3) is 0 Å². The van der Waals surface area contributed by atoms with Crippen molar-refractivity contribution in [3.05, 3.63) is 35.4 Å². The monoisotopic (exact) mass is 362 g/mol. The Morgan fingerprint density at radius 3 is 1.85 bits per heavy atom. The van der Waals surface area contributed by atoms with Gasteiger partial charge in [-0.3, -0.25) is 4.79 Å². The van der Waals surface area contributed by atoms with Crippen molar-refractivity contribution in [3.63, 3.8) is 0 Å². The van der Waals surface area contributed by atoms with Crippen LogP contribution in [0.5, 0.6) is 0 Å². The van der Waals surface area contributed by atoms with Gasteiger partial charge in [-0.25, -0.2) is 0 Å². The van der Waals surface area contributed by atoms with Gasteiger partial charge < -0.3 is 14.6 Å². The Kier molecular flexibility index (Phi) is 10.6. The number of hydrogen-bond acceptors (Lipinski definition) is 4. The summed E-state index contributed by atoms with van der Waals surface area (Å²) in [7, 11) is 0. The molecule has 1 aliphatic rings. The molecule has 0 atom stereocenters. The summed E-state index contributed by atoms with van der Waals surface area (Å²) in [6, 6.07) is 7.65. The second kappa shape index (κ2) is 13.0. The van der Waals surface area contributed by atoms with Crippen molar-refractivity contribution in [1.82, 2.24) is 0 Å². The predicted molar refractivity (Wildman–Crippen MR) is 103 cm³/mol. The molecule has 1 N–H and O–H groups in total. The van der Waals surface area contributed by atoms with E-state index in [1.807, 2.05) is 24.3 Å². The summed E-state index contributed by atoms with van der Waals surface area (Å²) in [6.07, 6.45) is 12.2. The highest BCUT2D eigenvalue weighted by Crippen LogP contribution is 2.23. The average molecular weight is 363 g/mol. The molecule has 2 rings (SSSR count). The van der Waals surface area contributed by atoms with Gasteiger partial charge in [0.05, 0.1) is 13.2 Å². The Labute approximate surface area is 157 Å². The highest BCUT2D eigenvalue weighted by atomic mass is 16.7. The number of ether oxygens (including phenoxy) is 2. The van der Waals surface area contributed by atoms with Gasteiger partial charge in [-0.15, -0.1) is 0 Å². The van der Waals surface area contributed by atoms with E-state index in [4.69, 9.17) is 14.6 Å². The van der Waals surface area contributed by atoms with Crippen molar-refractivity contribution < 1.29 is 19.4 Å². The number of Topliss-reactive ketones (excluding diaryl/α,β-unsaturated/α-hetero) is 1. The van der Waals surface area contributed by atoms with E-state index in [1.165, 1.54) is 38.5 Å². The first-order chi connectivity index (χ1) is 12.8. The summed E-state index contributed by atoms with van der Waals surface area (Å²) >= 11 is 0. The second-order valence-corrected chi connectivity index (χ2v) is 7.13. The fourth-order valence-corrected chi connectivity index (χ4v) is 3.33. The molecule has 0 saturated carbocycles. The summed E-state index contributed by atoms with van der Waals surface area (Å²) < 4.78 is 10.9. The van der Waals surface area contributed by atoms with Gasteiger partial charge in [-0.2, -0.15) is 0 Å². The minimum atomic E-state index is -0.270. The standard InChI is InChI=1S/C22H34O4/c23-16-10-8-6-4-2-1-3-5-7-9-11-21(24)19-12-14-20(15-13-19)22-25-17-18-26-22/h12-15,22-23H,1-11,16-18H2. The van der Waals surface area contributed by atoms with Gasteiger partial charge in [0.15, 0.2) is 12.1 Å². The van der Waals surface area contributed by atoms with Crippen molar-refractivity contribution in [2.75, 3.05) is 19.8 Å². The summed E-state index contributed by atoms with van der Waals surface area (Å²) in [4.78, 5) is 12.3. The topological polar surface area (TPSA) is 55.8 Å². The third-order valence-electron chi connectivity index (χ3n) is 4.94. The van der Waals surface area contributed by atoms with Crippen molar-refractivity contribution in [2.24, 2.45) is 0 Å². The van der Waals surface area contributed by atoms with Gasteiger partial charge in [-0.1, -0.05) is 75.6 Å². The normalized spacial score (nSPS) is 14.8. The zero-order valence-corrected chi connectivity index (χ0v) is 16.0. The predicted octanol–water partition coefficient (Wildman–Crippen LogP) is 5.20. The highest BCUT2D eigenvalue weighted by Gasteiger charge is 2.18. The average Bonchev–Trinajstić information content (AvgIpc) is 3.21. The van der Waals surface area contributed by atoms with Crippen LogP contribution < -0.4 is 0 Å². The lowest BCUT2D eigenvalue weighted by molar-refractivity contribution is -0.0441. The molecular formula is C22H34O4. The number of carbonyl (C=O) groups excluding carboxylic acids is 1. The Bertz CT molecular complexity index is 491. The largest absolute Gasteiger partial charge is 0.396 e. The third-order valence-corrected chi connectivity index (χ3v) is 4.94. The Balaban J connectivity index is 1.49.